The number of nitrogens with zero attached hydrogens (tertiary/aromatic N) is 1. The summed E-state index contributed by atoms with van der Waals surface area (Å²) in [7, 11) is 1.49. The van der Waals surface area contributed by atoms with Crippen molar-refractivity contribution in [1.82, 2.24) is 20.2 Å². The van der Waals surface area contributed by atoms with Gasteiger partial charge in [-0.15, -0.1) is 0 Å². The number of H-pyrrole nitrogens is 1. The van der Waals surface area contributed by atoms with Crippen LogP contribution in [0.3, 0.4) is 0 Å². The third kappa shape index (κ3) is 11.3. The molecule has 2 aliphatic rings. The Balaban J connectivity index is 1.02. The number of rotatable bonds is 18. The molecule has 1 aliphatic heterocycles. The lowest BCUT2D eigenvalue weighted by Crippen LogP contribution is -2.36. The Labute approximate surface area is 326 Å². The molecule has 2 aromatic carbocycles. The zero-order valence-corrected chi connectivity index (χ0v) is 32.4. The molecule has 13 heteroatoms. The molecule has 13 nitrogen and oxygen atoms in total. The molecular formula is C43H52N4O9. The predicted molar refractivity (Wildman–Crippen MR) is 208 cm³/mol. The van der Waals surface area contributed by atoms with Crippen LogP contribution in [0, 0.1) is 17.8 Å². The second-order valence-electron chi connectivity index (χ2n) is 14.3. The van der Waals surface area contributed by atoms with Crippen LogP contribution >= 0.6 is 0 Å². The van der Waals surface area contributed by atoms with E-state index in [1.807, 2.05) is 62.4 Å². The number of carbonyl (C=O) groups excluding carboxylic acids is 4. The molecule has 1 fully saturated rings. The first kappa shape index (κ1) is 41.7. The van der Waals surface area contributed by atoms with Gasteiger partial charge in [0.2, 0.25) is 11.8 Å². The van der Waals surface area contributed by atoms with Crippen molar-refractivity contribution >= 4 is 23.8 Å². The van der Waals surface area contributed by atoms with E-state index in [-0.39, 0.29) is 54.8 Å². The fourth-order valence-electron chi connectivity index (χ4n) is 7.16. The van der Waals surface area contributed by atoms with E-state index in [1.165, 1.54) is 17.8 Å². The predicted octanol–water partition coefficient (Wildman–Crippen LogP) is 4.55. The minimum atomic E-state index is -0.892. The van der Waals surface area contributed by atoms with Gasteiger partial charge in [0, 0.05) is 74.6 Å². The lowest BCUT2D eigenvalue weighted by molar-refractivity contribution is -0.154. The number of aromatic amines is 1. The number of carbonyl (C=O) groups is 4. The van der Waals surface area contributed by atoms with Crippen LogP contribution in [-0.4, -0.2) is 59.1 Å². The summed E-state index contributed by atoms with van der Waals surface area (Å²) in [5.41, 5.74) is 2.70. The van der Waals surface area contributed by atoms with E-state index in [0.29, 0.717) is 51.5 Å². The summed E-state index contributed by atoms with van der Waals surface area (Å²) >= 11 is 0. The molecule has 5 rings (SSSR count). The third-order valence-electron chi connectivity index (χ3n) is 10.3. The highest BCUT2D eigenvalue weighted by molar-refractivity contribution is 5.81. The molecule has 298 valence electrons. The van der Waals surface area contributed by atoms with Gasteiger partial charge >= 0.3 is 17.6 Å². The average molecular weight is 769 g/mol. The number of hydrogen-bond acceptors (Lipinski definition) is 9. The van der Waals surface area contributed by atoms with Gasteiger partial charge in [0.05, 0.1) is 18.1 Å². The van der Waals surface area contributed by atoms with Gasteiger partial charge in [-0.3, -0.25) is 29.0 Å². The SMILES string of the molecule is CC[C@H]1O[C@@H](c2cn(CCCNC(=O)CCCCCCC(=O)OC3Cc4ccccc4C#Cc4ccccc43)c(=O)[nH]c2=O)[C@@H](OC(=O)CCC(=O)NC)C1C. The summed E-state index contributed by atoms with van der Waals surface area (Å²) < 4.78 is 19.2. The van der Waals surface area contributed by atoms with Crippen LogP contribution in [0.2, 0.25) is 0 Å². The average Bonchev–Trinajstić information content (AvgIpc) is 3.49. The van der Waals surface area contributed by atoms with Crippen molar-refractivity contribution in [3.63, 3.8) is 0 Å². The van der Waals surface area contributed by atoms with Crippen molar-refractivity contribution in [2.45, 2.75) is 115 Å². The van der Waals surface area contributed by atoms with Gasteiger partial charge < -0.3 is 29.4 Å². The van der Waals surface area contributed by atoms with E-state index < -0.39 is 35.5 Å². The molecule has 1 aromatic heterocycles. The molecule has 2 unspecified atom stereocenters. The van der Waals surface area contributed by atoms with Crippen LogP contribution in [0.15, 0.2) is 64.3 Å². The Hall–Kier alpha value is -5.48. The number of aryl methyl sites for hydroxylation is 1. The van der Waals surface area contributed by atoms with Crippen LogP contribution in [0.25, 0.3) is 0 Å². The van der Waals surface area contributed by atoms with Gasteiger partial charge in [-0.05, 0) is 43.4 Å². The van der Waals surface area contributed by atoms with Crippen molar-refractivity contribution in [2.24, 2.45) is 5.92 Å². The van der Waals surface area contributed by atoms with Crippen molar-refractivity contribution in [3.05, 3.63) is 103 Å². The number of ether oxygens (including phenoxy) is 3. The molecule has 2 heterocycles. The summed E-state index contributed by atoms with van der Waals surface area (Å²) in [6, 6.07) is 15.7. The number of aromatic nitrogens is 2. The van der Waals surface area contributed by atoms with Crippen molar-refractivity contribution in [3.8, 4) is 11.8 Å². The second kappa shape index (κ2) is 20.4. The quantitative estimate of drug-likeness (QED) is 0.0953. The van der Waals surface area contributed by atoms with Crippen molar-refractivity contribution in [2.75, 3.05) is 13.6 Å². The molecule has 0 spiro atoms. The van der Waals surface area contributed by atoms with Crippen LogP contribution in [-0.2, 0) is 46.4 Å². The highest BCUT2D eigenvalue weighted by atomic mass is 16.6. The summed E-state index contributed by atoms with van der Waals surface area (Å²) in [6.07, 6.45) is 4.07. The molecular weight excluding hydrogens is 716 g/mol. The third-order valence-corrected chi connectivity index (χ3v) is 10.3. The minimum Gasteiger partial charge on any atom is -0.459 e. The maximum Gasteiger partial charge on any atom is 0.328 e. The fraction of sp³-hybridized carbons (Fsp3) is 0.488. The monoisotopic (exact) mass is 768 g/mol. The standard InChI is InChI=1S/C43H52N4O9/c1-4-34-28(2)40(56-39(51)23-22-36(48)44-3)41(55-34)33-27-47(43(53)46-42(33)52)25-13-24-45-37(49)18-7-5-6-8-19-38(50)54-35-26-31-16-10-9-14-29(31)20-21-30-15-11-12-17-32(30)35/h9-12,14-17,27-28,34-35,40-41H,4-8,13,18-19,22-26H2,1-3H3,(H,44,48)(H,45,49)(H,46,52,53)/t28?,34-,35?,40+,41+/m1/s1. The number of unbranched alkanes of at least 4 members (excludes halogenated alkanes) is 3. The first-order valence-corrected chi connectivity index (χ1v) is 19.6. The van der Waals surface area contributed by atoms with Crippen LogP contribution < -0.4 is 21.9 Å². The van der Waals surface area contributed by atoms with Gasteiger partial charge in [-0.2, -0.15) is 0 Å². The summed E-state index contributed by atoms with van der Waals surface area (Å²) in [6.45, 7) is 4.36. The highest BCUT2D eigenvalue weighted by Crippen LogP contribution is 2.39. The van der Waals surface area contributed by atoms with E-state index in [9.17, 15) is 28.8 Å². The van der Waals surface area contributed by atoms with Gasteiger partial charge in [0.25, 0.3) is 5.56 Å². The number of fused-ring (bicyclic) bond motifs is 2. The second-order valence-corrected chi connectivity index (χ2v) is 14.3. The lowest BCUT2D eigenvalue weighted by atomic mass is 9.92. The molecule has 0 bridgehead atoms. The van der Waals surface area contributed by atoms with E-state index in [4.69, 9.17) is 14.2 Å². The molecule has 3 N–H and O–H groups in total. The maximum absolute atomic E-state index is 12.9. The zero-order valence-electron chi connectivity index (χ0n) is 32.4. The number of hydrogen-bond donors (Lipinski definition) is 3. The van der Waals surface area contributed by atoms with Crippen molar-refractivity contribution in [1.29, 1.82) is 0 Å². The summed E-state index contributed by atoms with van der Waals surface area (Å²) in [5.74, 6) is 5.02. The first-order valence-electron chi connectivity index (χ1n) is 19.6. The smallest absolute Gasteiger partial charge is 0.328 e. The highest BCUT2D eigenvalue weighted by Gasteiger charge is 2.45. The molecule has 3 aromatic rings. The number of nitrogens with one attached hydrogen (secondary N) is 3. The molecule has 0 saturated carbocycles. The molecule has 0 radical (unpaired) electrons. The number of amides is 2. The van der Waals surface area contributed by atoms with Gasteiger partial charge in [-0.1, -0.05) is 74.9 Å². The largest absolute Gasteiger partial charge is 0.459 e. The van der Waals surface area contributed by atoms with E-state index in [0.717, 1.165) is 35.1 Å². The Kier molecular flexibility index (Phi) is 15.2. The minimum absolute atomic E-state index is 0.0240. The summed E-state index contributed by atoms with van der Waals surface area (Å²) in [4.78, 5) is 77.6. The van der Waals surface area contributed by atoms with Crippen LogP contribution in [0.4, 0.5) is 0 Å². The number of benzene rings is 2. The van der Waals surface area contributed by atoms with Gasteiger partial charge in [-0.25, -0.2) is 4.79 Å². The first-order chi connectivity index (χ1) is 27.1. The zero-order chi connectivity index (χ0) is 40.0. The molecule has 56 heavy (non-hydrogen) atoms. The van der Waals surface area contributed by atoms with Crippen LogP contribution in [0.1, 0.15) is 118 Å². The van der Waals surface area contributed by atoms with Crippen molar-refractivity contribution < 1.29 is 33.4 Å². The summed E-state index contributed by atoms with van der Waals surface area (Å²) in [5, 5.41) is 5.35. The number of esters is 2. The lowest BCUT2D eigenvalue weighted by Gasteiger charge is -2.22. The van der Waals surface area contributed by atoms with Crippen LogP contribution in [0.5, 0.6) is 0 Å². The Morgan fingerprint density at radius 3 is 2.30 bits per heavy atom. The van der Waals surface area contributed by atoms with E-state index in [2.05, 4.69) is 27.5 Å². The Morgan fingerprint density at radius 1 is 0.839 bits per heavy atom. The molecule has 5 atom stereocenters. The maximum atomic E-state index is 12.9. The molecule has 2 amide bonds. The van der Waals surface area contributed by atoms with E-state index >= 15 is 0 Å². The topological polar surface area (TPSA) is 175 Å². The normalized spacial score (nSPS) is 19.6. The Morgan fingerprint density at radius 2 is 1.54 bits per heavy atom. The van der Waals surface area contributed by atoms with Gasteiger partial charge in [0.15, 0.2) is 0 Å². The van der Waals surface area contributed by atoms with Gasteiger partial charge in [0.1, 0.15) is 18.3 Å². The van der Waals surface area contributed by atoms with E-state index in [1.54, 1.807) is 0 Å². The fourth-order valence-corrected chi connectivity index (χ4v) is 7.16. The molecule has 1 aliphatic carbocycles. The molecule has 1 saturated heterocycles. The Bertz CT molecular complexity index is 2040.